The van der Waals surface area contributed by atoms with E-state index in [1.54, 1.807) is 0 Å². The maximum absolute atomic E-state index is 13.3. The van der Waals surface area contributed by atoms with Gasteiger partial charge in [-0.05, 0) is 43.0 Å². The van der Waals surface area contributed by atoms with Crippen molar-refractivity contribution in [2.75, 3.05) is 46.0 Å². The van der Waals surface area contributed by atoms with Crippen LogP contribution in [-0.2, 0) is 20.8 Å². The first-order chi connectivity index (χ1) is 17.1. The van der Waals surface area contributed by atoms with Gasteiger partial charge in [-0.1, -0.05) is 42.5 Å². The quantitative estimate of drug-likeness (QED) is 0.614. The van der Waals surface area contributed by atoms with Gasteiger partial charge in [0.25, 0.3) is 5.91 Å². The van der Waals surface area contributed by atoms with Crippen molar-refractivity contribution in [3.63, 3.8) is 0 Å². The molecule has 0 N–H and O–H groups in total. The normalized spacial score (nSPS) is 25.0. The van der Waals surface area contributed by atoms with E-state index in [0.717, 1.165) is 64.1 Å². The van der Waals surface area contributed by atoms with E-state index in [9.17, 15) is 4.79 Å². The summed E-state index contributed by atoms with van der Waals surface area (Å²) >= 11 is 0. The Labute approximate surface area is 209 Å². The van der Waals surface area contributed by atoms with E-state index in [4.69, 9.17) is 14.2 Å². The average molecular weight is 479 g/mol. The first-order valence-electron chi connectivity index (χ1n) is 13.2. The third-order valence-electron chi connectivity index (χ3n) is 7.72. The Bertz CT molecular complexity index is 950. The largest absolute Gasteiger partial charge is 0.379 e. The number of rotatable bonds is 6. The summed E-state index contributed by atoms with van der Waals surface area (Å²) in [7, 11) is 0. The average Bonchev–Trinajstić information content (AvgIpc) is 2.90. The lowest BCUT2D eigenvalue weighted by Crippen LogP contribution is -2.52. The predicted molar refractivity (Wildman–Crippen MR) is 135 cm³/mol. The SMILES string of the molecule is CCOC1CC(c2ccccc2)OC2(CCN(C(=O)c3ccc(CN4CCOCC4)cc3)CC2)C1. The van der Waals surface area contributed by atoms with Crippen molar-refractivity contribution >= 4 is 5.91 Å². The number of morpholine rings is 1. The molecule has 0 aliphatic carbocycles. The molecule has 3 aliphatic heterocycles. The van der Waals surface area contributed by atoms with Gasteiger partial charge in [-0.2, -0.15) is 0 Å². The smallest absolute Gasteiger partial charge is 0.253 e. The Morgan fingerprint density at radius 1 is 1.00 bits per heavy atom. The van der Waals surface area contributed by atoms with Crippen LogP contribution in [0.3, 0.4) is 0 Å². The summed E-state index contributed by atoms with van der Waals surface area (Å²) in [6.45, 7) is 8.65. The van der Waals surface area contributed by atoms with Crippen LogP contribution in [0.4, 0.5) is 0 Å². The molecule has 2 unspecified atom stereocenters. The van der Waals surface area contributed by atoms with Gasteiger partial charge in [-0.25, -0.2) is 0 Å². The molecule has 3 heterocycles. The second-order valence-corrected chi connectivity index (χ2v) is 10.1. The number of hydrogen-bond donors (Lipinski definition) is 0. The summed E-state index contributed by atoms with van der Waals surface area (Å²) in [5, 5.41) is 0. The molecular formula is C29H38N2O4. The first-order valence-corrected chi connectivity index (χ1v) is 13.2. The molecule has 35 heavy (non-hydrogen) atoms. The second kappa shape index (κ2) is 11.2. The van der Waals surface area contributed by atoms with Crippen molar-refractivity contribution in [1.82, 2.24) is 9.80 Å². The molecule has 0 bridgehead atoms. The number of amides is 1. The van der Waals surface area contributed by atoms with Crippen LogP contribution in [0.5, 0.6) is 0 Å². The highest BCUT2D eigenvalue weighted by Crippen LogP contribution is 2.44. The molecule has 0 saturated carbocycles. The number of carbonyl (C=O) groups is 1. The third kappa shape index (κ3) is 5.95. The minimum atomic E-state index is -0.225. The summed E-state index contributed by atoms with van der Waals surface area (Å²) in [4.78, 5) is 17.6. The predicted octanol–water partition coefficient (Wildman–Crippen LogP) is 4.45. The maximum Gasteiger partial charge on any atom is 0.253 e. The van der Waals surface area contributed by atoms with Crippen LogP contribution in [-0.4, -0.2) is 73.4 Å². The van der Waals surface area contributed by atoms with Gasteiger partial charge >= 0.3 is 0 Å². The van der Waals surface area contributed by atoms with Crippen molar-refractivity contribution < 1.29 is 19.0 Å². The molecule has 1 amide bonds. The number of nitrogens with zero attached hydrogens (tertiary/aromatic N) is 2. The lowest BCUT2D eigenvalue weighted by atomic mass is 9.80. The number of ether oxygens (including phenoxy) is 3. The highest BCUT2D eigenvalue weighted by atomic mass is 16.5. The minimum Gasteiger partial charge on any atom is -0.379 e. The van der Waals surface area contributed by atoms with Gasteiger partial charge in [0.1, 0.15) is 0 Å². The van der Waals surface area contributed by atoms with E-state index in [1.807, 2.05) is 23.1 Å². The first kappa shape index (κ1) is 24.4. The topological polar surface area (TPSA) is 51.2 Å². The molecule has 2 aromatic rings. The number of benzene rings is 2. The molecule has 5 rings (SSSR count). The lowest BCUT2D eigenvalue weighted by Gasteiger charge is -2.48. The van der Waals surface area contributed by atoms with Gasteiger partial charge in [0.15, 0.2) is 0 Å². The van der Waals surface area contributed by atoms with Gasteiger partial charge in [0.05, 0.1) is 31.0 Å². The summed E-state index contributed by atoms with van der Waals surface area (Å²) in [6, 6.07) is 18.6. The standard InChI is InChI=1S/C29H38N2O4/c1-2-34-26-20-27(24-6-4-3-5-7-24)35-29(21-26)12-14-31(15-13-29)28(32)25-10-8-23(9-11-25)22-30-16-18-33-19-17-30/h3-11,26-27H,2,12-22H2,1H3. The van der Waals surface area contributed by atoms with Crippen molar-refractivity contribution in [1.29, 1.82) is 0 Å². The zero-order valence-corrected chi connectivity index (χ0v) is 20.9. The van der Waals surface area contributed by atoms with Crippen LogP contribution in [0, 0.1) is 0 Å². The molecular weight excluding hydrogens is 440 g/mol. The Morgan fingerprint density at radius 3 is 2.40 bits per heavy atom. The molecule has 6 nitrogen and oxygen atoms in total. The van der Waals surface area contributed by atoms with Crippen molar-refractivity contribution in [2.45, 2.75) is 57.0 Å². The van der Waals surface area contributed by atoms with E-state index >= 15 is 0 Å². The molecule has 0 radical (unpaired) electrons. The van der Waals surface area contributed by atoms with Gasteiger partial charge in [-0.15, -0.1) is 0 Å². The van der Waals surface area contributed by atoms with Gasteiger partial charge in [0, 0.05) is 57.7 Å². The highest BCUT2D eigenvalue weighted by Gasteiger charge is 2.45. The van der Waals surface area contributed by atoms with Crippen LogP contribution in [0.1, 0.15) is 60.2 Å². The Balaban J connectivity index is 1.20. The summed E-state index contributed by atoms with van der Waals surface area (Å²) in [5.74, 6) is 0.120. The Hall–Kier alpha value is -2.25. The summed E-state index contributed by atoms with van der Waals surface area (Å²) in [6.07, 6.45) is 3.73. The molecule has 1 spiro atoms. The van der Waals surface area contributed by atoms with E-state index in [-0.39, 0.29) is 23.7 Å². The monoisotopic (exact) mass is 478 g/mol. The number of likely N-dealkylation sites (tertiary alicyclic amines) is 1. The molecule has 3 aliphatic rings. The molecule has 3 fully saturated rings. The number of piperidine rings is 1. The zero-order valence-electron chi connectivity index (χ0n) is 20.9. The number of hydrogen-bond acceptors (Lipinski definition) is 5. The highest BCUT2D eigenvalue weighted by molar-refractivity contribution is 5.94. The van der Waals surface area contributed by atoms with E-state index in [1.165, 1.54) is 11.1 Å². The fraction of sp³-hybridized carbons (Fsp3) is 0.552. The lowest BCUT2D eigenvalue weighted by molar-refractivity contribution is -0.190. The van der Waals surface area contributed by atoms with Crippen molar-refractivity contribution in [2.24, 2.45) is 0 Å². The van der Waals surface area contributed by atoms with Crippen molar-refractivity contribution in [3.05, 3.63) is 71.3 Å². The second-order valence-electron chi connectivity index (χ2n) is 10.1. The van der Waals surface area contributed by atoms with Crippen LogP contribution < -0.4 is 0 Å². The summed E-state index contributed by atoms with van der Waals surface area (Å²) < 4.78 is 18.3. The summed E-state index contributed by atoms with van der Waals surface area (Å²) in [5.41, 5.74) is 3.00. The van der Waals surface area contributed by atoms with Crippen LogP contribution in [0.15, 0.2) is 54.6 Å². The molecule has 2 aromatic carbocycles. The Kier molecular flexibility index (Phi) is 7.83. The van der Waals surface area contributed by atoms with Crippen molar-refractivity contribution in [3.8, 4) is 0 Å². The molecule has 188 valence electrons. The molecule has 3 saturated heterocycles. The van der Waals surface area contributed by atoms with E-state index in [0.29, 0.717) is 19.7 Å². The van der Waals surface area contributed by atoms with Crippen LogP contribution >= 0.6 is 0 Å². The third-order valence-corrected chi connectivity index (χ3v) is 7.72. The Morgan fingerprint density at radius 2 is 1.71 bits per heavy atom. The molecule has 2 atom stereocenters. The van der Waals surface area contributed by atoms with Crippen LogP contribution in [0.2, 0.25) is 0 Å². The molecule has 0 aromatic heterocycles. The fourth-order valence-corrected chi connectivity index (χ4v) is 5.76. The van der Waals surface area contributed by atoms with Gasteiger partial charge in [-0.3, -0.25) is 9.69 Å². The maximum atomic E-state index is 13.3. The fourth-order valence-electron chi connectivity index (χ4n) is 5.76. The van der Waals surface area contributed by atoms with E-state index < -0.39 is 0 Å². The van der Waals surface area contributed by atoms with Gasteiger partial charge < -0.3 is 19.1 Å². The number of carbonyl (C=O) groups excluding carboxylic acids is 1. The zero-order chi connectivity index (χ0) is 24.1. The molecule has 6 heteroatoms. The van der Waals surface area contributed by atoms with Crippen LogP contribution in [0.25, 0.3) is 0 Å². The van der Waals surface area contributed by atoms with E-state index in [2.05, 4.69) is 48.2 Å². The minimum absolute atomic E-state index is 0.0442. The van der Waals surface area contributed by atoms with Gasteiger partial charge in [0.2, 0.25) is 0 Å².